The molecular weight excluding hydrogens is 196 g/mol. The molecule has 86 valence electrons. The van der Waals surface area contributed by atoms with Gasteiger partial charge in [0.1, 0.15) is 0 Å². The van der Waals surface area contributed by atoms with Gasteiger partial charge in [-0.25, -0.2) is 0 Å². The van der Waals surface area contributed by atoms with Gasteiger partial charge in [-0.2, -0.15) is 0 Å². The lowest BCUT2D eigenvalue weighted by atomic mass is 10.2. The number of hydrogen-bond donors (Lipinski definition) is 1. The molecule has 0 unspecified atom stereocenters. The SMILES string of the molecule is CN(C)CCCNCC#Cc1ccccc1. The van der Waals surface area contributed by atoms with Crippen LogP contribution in [0.1, 0.15) is 12.0 Å². The molecular formula is C14H20N2. The number of rotatable bonds is 5. The number of nitrogens with one attached hydrogen (secondary N) is 1. The van der Waals surface area contributed by atoms with Gasteiger partial charge in [0.05, 0.1) is 6.54 Å². The highest BCUT2D eigenvalue weighted by atomic mass is 15.0. The minimum atomic E-state index is 0.766. The van der Waals surface area contributed by atoms with E-state index in [9.17, 15) is 0 Å². The summed E-state index contributed by atoms with van der Waals surface area (Å²) in [7, 11) is 4.18. The largest absolute Gasteiger partial charge is 0.309 e. The van der Waals surface area contributed by atoms with Crippen LogP contribution >= 0.6 is 0 Å². The first-order valence-corrected chi connectivity index (χ1v) is 5.68. The molecule has 1 N–H and O–H groups in total. The van der Waals surface area contributed by atoms with Gasteiger partial charge in [-0.1, -0.05) is 30.0 Å². The van der Waals surface area contributed by atoms with Crippen molar-refractivity contribution in [3.63, 3.8) is 0 Å². The maximum atomic E-state index is 3.31. The average Bonchev–Trinajstić information content (AvgIpc) is 2.29. The fraction of sp³-hybridized carbons (Fsp3) is 0.429. The van der Waals surface area contributed by atoms with Crippen LogP contribution < -0.4 is 5.32 Å². The zero-order valence-electron chi connectivity index (χ0n) is 10.2. The van der Waals surface area contributed by atoms with Gasteiger partial charge in [0.25, 0.3) is 0 Å². The molecule has 0 aliphatic heterocycles. The van der Waals surface area contributed by atoms with Gasteiger partial charge in [-0.15, -0.1) is 0 Å². The van der Waals surface area contributed by atoms with Crippen molar-refractivity contribution in [2.45, 2.75) is 6.42 Å². The molecule has 0 saturated heterocycles. The monoisotopic (exact) mass is 216 g/mol. The molecule has 1 aromatic carbocycles. The topological polar surface area (TPSA) is 15.3 Å². The fourth-order valence-corrected chi connectivity index (χ4v) is 1.34. The highest BCUT2D eigenvalue weighted by molar-refractivity contribution is 5.33. The van der Waals surface area contributed by atoms with Crippen LogP contribution in [0.4, 0.5) is 0 Å². The summed E-state index contributed by atoms with van der Waals surface area (Å²) < 4.78 is 0. The van der Waals surface area contributed by atoms with Crippen LogP contribution in [-0.4, -0.2) is 38.6 Å². The van der Waals surface area contributed by atoms with E-state index in [2.05, 4.69) is 36.2 Å². The molecule has 0 atom stereocenters. The predicted octanol–water partition coefficient (Wildman–Crippen LogP) is 1.58. The van der Waals surface area contributed by atoms with E-state index in [0.717, 1.165) is 25.2 Å². The number of benzene rings is 1. The standard InChI is InChI=1S/C14H20N2/c1-16(2)13-7-12-15-11-6-10-14-8-4-3-5-9-14/h3-5,8-9,15H,7,11-13H2,1-2H3. The van der Waals surface area contributed by atoms with Gasteiger partial charge < -0.3 is 10.2 Å². The Hall–Kier alpha value is -1.30. The summed E-state index contributed by atoms with van der Waals surface area (Å²) in [5.74, 6) is 6.24. The summed E-state index contributed by atoms with van der Waals surface area (Å²) in [6.07, 6.45) is 1.17. The Morgan fingerprint density at radius 1 is 1.19 bits per heavy atom. The molecule has 0 heterocycles. The molecule has 1 rings (SSSR count). The van der Waals surface area contributed by atoms with Crippen LogP contribution in [0.15, 0.2) is 30.3 Å². The van der Waals surface area contributed by atoms with Crippen LogP contribution in [0, 0.1) is 11.8 Å². The first-order valence-electron chi connectivity index (χ1n) is 5.68. The van der Waals surface area contributed by atoms with Crippen LogP contribution in [-0.2, 0) is 0 Å². The normalized spacial score (nSPS) is 9.94. The summed E-state index contributed by atoms with van der Waals surface area (Å²) in [6, 6.07) is 10.1. The van der Waals surface area contributed by atoms with Gasteiger partial charge in [-0.05, 0) is 45.7 Å². The highest BCUT2D eigenvalue weighted by Gasteiger charge is 1.88. The molecule has 0 saturated carbocycles. The summed E-state index contributed by atoms with van der Waals surface area (Å²) in [4.78, 5) is 2.19. The second kappa shape index (κ2) is 7.92. The first kappa shape index (κ1) is 12.8. The molecule has 0 aliphatic carbocycles. The third-order valence-corrected chi connectivity index (χ3v) is 2.18. The lowest BCUT2D eigenvalue weighted by Crippen LogP contribution is -2.21. The van der Waals surface area contributed by atoms with Gasteiger partial charge in [-0.3, -0.25) is 0 Å². The van der Waals surface area contributed by atoms with E-state index in [1.807, 2.05) is 30.3 Å². The summed E-state index contributed by atoms with van der Waals surface area (Å²) in [5.41, 5.74) is 1.08. The molecule has 0 aliphatic rings. The van der Waals surface area contributed by atoms with Crippen molar-refractivity contribution in [3.05, 3.63) is 35.9 Å². The van der Waals surface area contributed by atoms with Gasteiger partial charge >= 0.3 is 0 Å². The molecule has 0 aromatic heterocycles. The molecule has 16 heavy (non-hydrogen) atoms. The Bertz CT molecular complexity index is 333. The average molecular weight is 216 g/mol. The van der Waals surface area contributed by atoms with Gasteiger partial charge in [0, 0.05) is 5.56 Å². The fourth-order valence-electron chi connectivity index (χ4n) is 1.34. The maximum absolute atomic E-state index is 3.31. The maximum Gasteiger partial charge on any atom is 0.0580 e. The Balaban J connectivity index is 2.10. The molecule has 0 fully saturated rings. The van der Waals surface area contributed by atoms with Gasteiger partial charge in [0.15, 0.2) is 0 Å². The molecule has 0 spiro atoms. The van der Waals surface area contributed by atoms with Gasteiger partial charge in [0.2, 0.25) is 0 Å². The first-order chi connectivity index (χ1) is 7.79. The van der Waals surface area contributed by atoms with Crippen molar-refractivity contribution in [1.82, 2.24) is 10.2 Å². The van der Waals surface area contributed by atoms with Crippen LogP contribution in [0.3, 0.4) is 0 Å². The zero-order valence-corrected chi connectivity index (χ0v) is 10.2. The second-order valence-electron chi connectivity index (χ2n) is 4.00. The van der Waals surface area contributed by atoms with Crippen molar-refractivity contribution < 1.29 is 0 Å². The van der Waals surface area contributed by atoms with E-state index in [1.165, 1.54) is 6.42 Å². The van der Waals surface area contributed by atoms with E-state index in [0.29, 0.717) is 0 Å². The van der Waals surface area contributed by atoms with E-state index in [4.69, 9.17) is 0 Å². The van der Waals surface area contributed by atoms with Crippen LogP contribution in [0.5, 0.6) is 0 Å². The molecule has 0 amide bonds. The highest BCUT2D eigenvalue weighted by Crippen LogP contribution is 1.94. The summed E-state index contributed by atoms with van der Waals surface area (Å²) in [5, 5.41) is 3.31. The summed E-state index contributed by atoms with van der Waals surface area (Å²) in [6.45, 7) is 2.92. The van der Waals surface area contributed by atoms with Crippen molar-refractivity contribution in [1.29, 1.82) is 0 Å². The Kier molecular flexibility index (Phi) is 6.32. The Labute approximate surface area is 98.7 Å². The minimum absolute atomic E-state index is 0.766. The zero-order chi connectivity index (χ0) is 11.6. The molecule has 2 heteroatoms. The predicted molar refractivity (Wildman–Crippen MR) is 69.4 cm³/mol. The van der Waals surface area contributed by atoms with E-state index >= 15 is 0 Å². The second-order valence-corrected chi connectivity index (χ2v) is 4.00. The van der Waals surface area contributed by atoms with E-state index in [-0.39, 0.29) is 0 Å². The number of hydrogen-bond acceptors (Lipinski definition) is 2. The van der Waals surface area contributed by atoms with E-state index in [1.54, 1.807) is 0 Å². The van der Waals surface area contributed by atoms with Crippen molar-refractivity contribution >= 4 is 0 Å². The molecule has 1 aromatic rings. The lowest BCUT2D eigenvalue weighted by molar-refractivity contribution is 0.396. The van der Waals surface area contributed by atoms with Crippen LogP contribution in [0.25, 0.3) is 0 Å². The van der Waals surface area contributed by atoms with Crippen LogP contribution in [0.2, 0.25) is 0 Å². The Morgan fingerprint density at radius 2 is 1.94 bits per heavy atom. The van der Waals surface area contributed by atoms with Crippen molar-refractivity contribution in [2.24, 2.45) is 0 Å². The van der Waals surface area contributed by atoms with Crippen molar-refractivity contribution in [3.8, 4) is 11.8 Å². The van der Waals surface area contributed by atoms with E-state index < -0.39 is 0 Å². The smallest absolute Gasteiger partial charge is 0.0580 e. The molecule has 0 radical (unpaired) electrons. The minimum Gasteiger partial charge on any atom is -0.309 e. The molecule has 2 nitrogen and oxygen atoms in total. The molecule has 0 bridgehead atoms. The lowest BCUT2D eigenvalue weighted by Gasteiger charge is -2.08. The summed E-state index contributed by atoms with van der Waals surface area (Å²) >= 11 is 0. The van der Waals surface area contributed by atoms with Crippen molar-refractivity contribution in [2.75, 3.05) is 33.7 Å². The third-order valence-electron chi connectivity index (χ3n) is 2.18. The number of nitrogens with zero attached hydrogens (tertiary/aromatic N) is 1. The quantitative estimate of drug-likeness (QED) is 0.594. The Morgan fingerprint density at radius 3 is 2.62 bits per heavy atom. The third kappa shape index (κ3) is 6.23.